The number of aliphatic hydroxyl groups excluding tert-OH is 1. The molecule has 0 heterocycles. The summed E-state index contributed by atoms with van der Waals surface area (Å²) in [6.07, 6.45) is 1.62. The zero-order valence-electron chi connectivity index (χ0n) is 7.21. The van der Waals surface area contributed by atoms with Crippen LogP contribution in [0.2, 0.25) is 0 Å². The van der Waals surface area contributed by atoms with Crippen molar-refractivity contribution in [2.75, 3.05) is 6.61 Å². The molecule has 0 bridgehead atoms. The summed E-state index contributed by atoms with van der Waals surface area (Å²) in [5.41, 5.74) is 5.54. The van der Waals surface area contributed by atoms with Gasteiger partial charge >= 0.3 is 0 Å². The maximum Gasteiger partial charge on any atom is 0.154 e. The van der Waals surface area contributed by atoms with Crippen molar-refractivity contribution in [3.63, 3.8) is 0 Å². The molecule has 0 saturated carbocycles. The molecular weight excluding hydrogens is 142 g/mol. The van der Waals surface area contributed by atoms with Gasteiger partial charge in [-0.2, -0.15) is 0 Å². The number of Topliss-reactive ketones (excluding diaryl/α,β-unsaturated/α-hetero) is 1. The highest BCUT2D eigenvalue weighted by Gasteiger charge is 2.18. The van der Waals surface area contributed by atoms with Gasteiger partial charge in [0.15, 0.2) is 5.78 Å². The predicted molar refractivity (Wildman–Crippen MR) is 44.1 cm³/mol. The van der Waals surface area contributed by atoms with Crippen LogP contribution < -0.4 is 5.73 Å². The summed E-state index contributed by atoms with van der Waals surface area (Å²) < 4.78 is 0. The van der Waals surface area contributed by atoms with E-state index in [0.29, 0.717) is 6.42 Å². The van der Waals surface area contributed by atoms with Crippen LogP contribution in [0.15, 0.2) is 0 Å². The molecule has 0 aromatic carbocycles. The topological polar surface area (TPSA) is 63.3 Å². The molecule has 0 aromatic heterocycles. The van der Waals surface area contributed by atoms with Crippen molar-refractivity contribution < 1.29 is 9.90 Å². The summed E-state index contributed by atoms with van der Waals surface area (Å²) in [5.74, 6) is -0.342. The summed E-state index contributed by atoms with van der Waals surface area (Å²) in [6, 6.07) is -0.387. The molecule has 0 spiro atoms. The summed E-state index contributed by atoms with van der Waals surface area (Å²) in [6.45, 7) is 3.57. The largest absolute Gasteiger partial charge is 0.396 e. The van der Waals surface area contributed by atoms with Gasteiger partial charge in [0.2, 0.25) is 0 Å². The lowest BCUT2D eigenvalue weighted by molar-refractivity contribution is -0.124. The fraction of sp³-hybridized carbons (Fsp3) is 0.875. The van der Waals surface area contributed by atoms with Crippen molar-refractivity contribution in [3.05, 3.63) is 0 Å². The first-order chi connectivity index (χ1) is 5.13. The first-order valence-corrected chi connectivity index (χ1v) is 4.03. The van der Waals surface area contributed by atoms with E-state index < -0.39 is 0 Å². The highest BCUT2D eigenvalue weighted by Crippen LogP contribution is 2.03. The average molecular weight is 159 g/mol. The molecule has 11 heavy (non-hydrogen) atoms. The van der Waals surface area contributed by atoms with Crippen molar-refractivity contribution in [3.8, 4) is 0 Å². The standard InChI is InChI=1S/C8H17NO2/c1-3-4-7(9)8(11)6(2)5-10/h6-7,10H,3-5,9H2,1-2H3/t6?,7-/m0/s1. The number of rotatable bonds is 5. The first kappa shape index (κ1) is 10.6. The van der Waals surface area contributed by atoms with Gasteiger partial charge in [0.1, 0.15) is 0 Å². The monoisotopic (exact) mass is 159 g/mol. The second-order valence-electron chi connectivity index (χ2n) is 2.88. The molecule has 0 aliphatic carbocycles. The van der Waals surface area contributed by atoms with Crippen molar-refractivity contribution in [1.29, 1.82) is 0 Å². The lowest BCUT2D eigenvalue weighted by Gasteiger charge is -2.12. The van der Waals surface area contributed by atoms with Crippen LogP contribution >= 0.6 is 0 Å². The van der Waals surface area contributed by atoms with E-state index in [4.69, 9.17) is 10.8 Å². The van der Waals surface area contributed by atoms with Gasteiger partial charge < -0.3 is 10.8 Å². The van der Waals surface area contributed by atoms with Gasteiger partial charge in [-0.05, 0) is 6.42 Å². The summed E-state index contributed by atoms with van der Waals surface area (Å²) in [4.78, 5) is 11.2. The van der Waals surface area contributed by atoms with E-state index in [1.54, 1.807) is 6.92 Å². The van der Waals surface area contributed by atoms with Crippen LogP contribution in [-0.2, 0) is 4.79 Å². The first-order valence-electron chi connectivity index (χ1n) is 4.03. The van der Waals surface area contributed by atoms with Crippen LogP contribution in [-0.4, -0.2) is 23.5 Å². The quantitative estimate of drug-likeness (QED) is 0.607. The molecule has 0 rings (SSSR count). The Morgan fingerprint density at radius 2 is 2.18 bits per heavy atom. The highest BCUT2D eigenvalue weighted by molar-refractivity contribution is 5.85. The second kappa shape index (κ2) is 5.27. The number of hydrogen-bond acceptors (Lipinski definition) is 3. The molecular formula is C8H17NO2. The lowest BCUT2D eigenvalue weighted by atomic mass is 9.98. The maximum absolute atomic E-state index is 11.2. The maximum atomic E-state index is 11.2. The number of hydrogen-bond donors (Lipinski definition) is 2. The number of aliphatic hydroxyl groups is 1. The molecule has 0 amide bonds. The van der Waals surface area contributed by atoms with Gasteiger partial charge in [-0.3, -0.25) is 4.79 Å². The number of carbonyl (C=O) groups is 1. The Bertz CT molecular complexity index is 125. The molecule has 3 heteroatoms. The van der Waals surface area contributed by atoms with Crippen LogP contribution in [0.5, 0.6) is 0 Å². The number of carbonyl (C=O) groups excluding carboxylic acids is 1. The minimum atomic E-state index is -0.387. The molecule has 0 saturated heterocycles. The van der Waals surface area contributed by atoms with Crippen LogP contribution in [0, 0.1) is 5.92 Å². The minimum Gasteiger partial charge on any atom is -0.396 e. The third-order valence-corrected chi connectivity index (χ3v) is 1.72. The molecule has 0 fully saturated rings. The van der Waals surface area contributed by atoms with Crippen molar-refractivity contribution in [1.82, 2.24) is 0 Å². The third kappa shape index (κ3) is 3.49. The minimum absolute atomic E-state index is 0.0330. The van der Waals surface area contributed by atoms with Gasteiger partial charge in [0.05, 0.1) is 12.6 Å². The molecule has 0 radical (unpaired) electrons. The van der Waals surface area contributed by atoms with Crippen LogP contribution in [0.4, 0.5) is 0 Å². The number of ketones is 1. The van der Waals surface area contributed by atoms with Crippen molar-refractivity contribution in [2.24, 2.45) is 11.7 Å². The van der Waals surface area contributed by atoms with Gasteiger partial charge in [-0.1, -0.05) is 20.3 Å². The van der Waals surface area contributed by atoms with E-state index >= 15 is 0 Å². The Balaban J connectivity index is 3.81. The summed E-state index contributed by atoms with van der Waals surface area (Å²) >= 11 is 0. The van der Waals surface area contributed by atoms with E-state index in [9.17, 15) is 4.79 Å². The predicted octanol–water partition coefficient (Wildman–Crippen LogP) is 0.311. The Morgan fingerprint density at radius 1 is 1.64 bits per heavy atom. The number of nitrogens with two attached hydrogens (primary N) is 1. The summed E-state index contributed by atoms with van der Waals surface area (Å²) in [7, 11) is 0. The molecule has 2 atom stereocenters. The Labute approximate surface area is 67.6 Å². The average Bonchev–Trinajstić information content (AvgIpc) is 2.02. The molecule has 0 aliphatic heterocycles. The molecule has 66 valence electrons. The SMILES string of the molecule is CCC[C@H](N)C(=O)C(C)CO. The highest BCUT2D eigenvalue weighted by atomic mass is 16.3. The van der Waals surface area contributed by atoms with Gasteiger partial charge in [-0.25, -0.2) is 0 Å². The third-order valence-electron chi connectivity index (χ3n) is 1.72. The van der Waals surface area contributed by atoms with Crippen LogP contribution in [0.3, 0.4) is 0 Å². The van der Waals surface area contributed by atoms with E-state index in [1.807, 2.05) is 6.92 Å². The van der Waals surface area contributed by atoms with Crippen molar-refractivity contribution >= 4 is 5.78 Å². The Hall–Kier alpha value is -0.410. The Kier molecular flexibility index (Phi) is 5.07. The smallest absolute Gasteiger partial charge is 0.154 e. The van der Waals surface area contributed by atoms with E-state index in [0.717, 1.165) is 6.42 Å². The zero-order valence-corrected chi connectivity index (χ0v) is 7.21. The van der Waals surface area contributed by atoms with Gasteiger partial charge in [-0.15, -0.1) is 0 Å². The Morgan fingerprint density at radius 3 is 2.55 bits per heavy atom. The van der Waals surface area contributed by atoms with E-state index in [-0.39, 0.29) is 24.3 Å². The van der Waals surface area contributed by atoms with Crippen LogP contribution in [0.25, 0.3) is 0 Å². The fourth-order valence-electron chi connectivity index (χ4n) is 0.909. The second-order valence-corrected chi connectivity index (χ2v) is 2.88. The van der Waals surface area contributed by atoms with E-state index in [1.165, 1.54) is 0 Å². The lowest BCUT2D eigenvalue weighted by Crippen LogP contribution is -2.35. The molecule has 0 aromatic rings. The van der Waals surface area contributed by atoms with Gasteiger partial charge in [0.25, 0.3) is 0 Å². The molecule has 3 N–H and O–H groups in total. The summed E-state index contributed by atoms with van der Waals surface area (Å²) in [5, 5.41) is 8.65. The molecule has 1 unspecified atom stereocenters. The fourth-order valence-corrected chi connectivity index (χ4v) is 0.909. The van der Waals surface area contributed by atoms with Crippen molar-refractivity contribution in [2.45, 2.75) is 32.7 Å². The normalized spacial score (nSPS) is 16.0. The zero-order chi connectivity index (χ0) is 8.85. The van der Waals surface area contributed by atoms with Crippen LogP contribution in [0.1, 0.15) is 26.7 Å². The van der Waals surface area contributed by atoms with E-state index in [2.05, 4.69) is 0 Å². The molecule has 3 nitrogen and oxygen atoms in total. The molecule has 0 aliphatic rings. The van der Waals surface area contributed by atoms with Gasteiger partial charge in [0, 0.05) is 5.92 Å².